The van der Waals surface area contributed by atoms with Crippen LogP contribution in [0.25, 0.3) is 0 Å². The SMILES string of the molecule is CC(C)C(CCC(=O)OCc1ccccc1)OCc1ccccc1. The van der Waals surface area contributed by atoms with Crippen molar-refractivity contribution in [2.45, 2.75) is 46.0 Å². The van der Waals surface area contributed by atoms with E-state index in [1.165, 1.54) is 0 Å². The second kappa shape index (κ2) is 9.89. The van der Waals surface area contributed by atoms with Gasteiger partial charge in [0, 0.05) is 6.42 Å². The summed E-state index contributed by atoms with van der Waals surface area (Å²) >= 11 is 0. The number of ether oxygens (including phenoxy) is 2. The third kappa shape index (κ3) is 6.55. The molecule has 0 spiro atoms. The molecule has 0 saturated carbocycles. The predicted octanol–water partition coefficient (Wildman–Crippen LogP) is 4.75. The van der Waals surface area contributed by atoms with Crippen LogP contribution in [0.4, 0.5) is 0 Å². The van der Waals surface area contributed by atoms with Crippen LogP contribution < -0.4 is 0 Å². The highest BCUT2D eigenvalue weighted by atomic mass is 16.5. The molecule has 0 radical (unpaired) electrons. The van der Waals surface area contributed by atoms with Gasteiger partial charge in [-0.15, -0.1) is 0 Å². The molecule has 0 amide bonds. The third-order valence-electron chi connectivity index (χ3n) is 3.93. The highest BCUT2D eigenvalue weighted by Gasteiger charge is 2.16. The van der Waals surface area contributed by atoms with Crippen LogP contribution in [0.2, 0.25) is 0 Å². The minimum Gasteiger partial charge on any atom is -0.461 e. The summed E-state index contributed by atoms with van der Waals surface area (Å²) in [4.78, 5) is 11.9. The first-order chi connectivity index (χ1) is 11.6. The van der Waals surface area contributed by atoms with E-state index in [0.717, 1.165) is 11.1 Å². The fraction of sp³-hybridized carbons (Fsp3) is 0.381. The average Bonchev–Trinajstić information content (AvgIpc) is 2.61. The van der Waals surface area contributed by atoms with Gasteiger partial charge >= 0.3 is 5.97 Å². The fourth-order valence-corrected chi connectivity index (χ4v) is 2.46. The molecule has 0 aliphatic heterocycles. The van der Waals surface area contributed by atoms with Gasteiger partial charge in [0.2, 0.25) is 0 Å². The lowest BCUT2D eigenvalue weighted by Gasteiger charge is -2.21. The minimum absolute atomic E-state index is 0.0504. The van der Waals surface area contributed by atoms with E-state index in [2.05, 4.69) is 13.8 Å². The van der Waals surface area contributed by atoms with Gasteiger partial charge in [0.1, 0.15) is 6.61 Å². The Balaban J connectivity index is 1.73. The molecule has 0 N–H and O–H groups in total. The van der Waals surface area contributed by atoms with Crippen molar-refractivity contribution in [3.05, 3.63) is 71.8 Å². The van der Waals surface area contributed by atoms with E-state index in [4.69, 9.17) is 9.47 Å². The summed E-state index contributed by atoms with van der Waals surface area (Å²) in [6, 6.07) is 19.8. The van der Waals surface area contributed by atoms with E-state index < -0.39 is 0 Å². The molecule has 3 heteroatoms. The Morgan fingerprint density at radius 1 is 0.875 bits per heavy atom. The lowest BCUT2D eigenvalue weighted by Crippen LogP contribution is -2.21. The number of esters is 1. The van der Waals surface area contributed by atoms with Gasteiger partial charge < -0.3 is 9.47 Å². The van der Waals surface area contributed by atoms with Crippen LogP contribution >= 0.6 is 0 Å². The van der Waals surface area contributed by atoms with Gasteiger partial charge in [0.25, 0.3) is 0 Å². The van der Waals surface area contributed by atoms with Gasteiger partial charge in [-0.2, -0.15) is 0 Å². The minimum atomic E-state index is -0.173. The maximum atomic E-state index is 11.9. The number of carbonyl (C=O) groups is 1. The molecular formula is C21H26O3. The summed E-state index contributed by atoms with van der Waals surface area (Å²) in [5.41, 5.74) is 2.15. The van der Waals surface area contributed by atoms with Crippen molar-refractivity contribution in [3.8, 4) is 0 Å². The van der Waals surface area contributed by atoms with Crippen LogP contribution in [0.1, 0.15) is 37.8 Å². The summed E-state index contributed by atoms with van der Waals surface area (Å²) in [5, 5.41) is 0. The van der Waals surface area contributed by atoms with E-state index in [0.29, 0.717) is 32.0 Å². The average molecular weight is 326 g/mol. The zero-order valence-corrected chi connectivity index (χ0v) is 14.5. The molecule has 0 heterocycles. The Morgan fingerprint density at radius 2 is 1.42 bits per heavy atom. The smallest absolute Gasteiger partial charge is 0.306 e. The van der Waals surface area contributed by atoms with Crippen LogP contribution in [-0.4, -0.2) is 12.1 Å². The van der Waals surface area contributed by atoms with E-state index in [1.54, 1.807) is 0 Å². The van der Waals surface area contributed by atoms with Gasteiger partial charge in [-0.3, -0.25) is 4.79 Å². The molecule has 0 aliphatic rings. The molecule has 1 unspecified atom stereocenters. The molecule has 2 rings (SSSR count). The van der Waals surface area contributed by atoms with Crippen molar-refractivity contribution in [2.24, 2.45) is 5.92 Å². The predicted molar refractivity (Wildman–Crippen MR) is 95.3 cm³/mol. The third-order valence-corrected chi connectivity index (χ3v) is 3.93. The first-order valence-electron chi connectivity index (χ1n) is 8.50. The molecule has 0 aromatic heterocycles. The molecule has 2 aromatic rings. The van der Waals surface area contributed by atoms with Crippen LogP contribution in [0.5, 0.6) is 0 Å². The number of rotatable bonds is 9. The Kier molecular flexibility index (Phi) is 7.50. The lowest BCUT2D eigenvalue weighted by atomic mass is 10.0. The molecular weight excluding hydrogens is 300 g/mol. The Hall–Kier alpha value is -2.13. The Bertz CT molecular complexity index is 593. The molecule has 0 saturated heterocycles. The van der Waals surface area contributed by atoms with Gasteiger partial charge in [0.15, 0.2) is 0 Å². The number of benzene rings is 2. The molecule has 128 valence electrons. The molecule has 0 aliphatic carbocycles. The molecule has 3 nitrogen and oxygen atoms in total. The molecule has 0 fully saturated rings. The molecule has 0 bridgehead atoms. The van der Waals surface area contributed by atoms with Gasteiger partial charge in [0.05, 0.1) is 12.7 Å². The maximum absolute atomic E-state index is 11.9. The second-order valence-corrected chi connectivity index (χ2v) is 6.26. The van der Waals surface area contributed by atoms with Crippen molar-refractivity contribution in [1.29, 1.82) is 0 Å². The first-order valence-corrected chi connectivity index (χ1v) is 8.50. The highest BCUT2D eigenvalue weighted by molar-refractivity contribution is 5.69. The zero-order chi connectivity index (χ0) is 17.2. The van der Waals surface area contributed by atoms with Crippen LogP contribution in [0, 0.1) is 5.92 Å². The summed E-state index contributed by atoms with van der Waals surface area (Å²) < 4.78 is 11.3. The lowest BCUT2D eigenvalue weighted by molar-refractivity contribution is -0.146. The van der Waals surface area contributed by atoms with Crippen LogP contribution in [0.15, 0.2) is 60.7 Å². The summed E-state index contributed by atoms with van der Waals surface area (Å²) in [5.74, 6) is 0.184. The van der Waals surface area contributed by atoms with Gasteiger partial charge in [-0.25, -0.2) is 0 Å². The quantitative estimate of drug-likeness (QED) is 0.624. The molecule has 1 atom stereocenters. The van der Waals surface area contributed by atoms with Crippen LogP contribution in [-0.2, 0) is 27.5 Å². The van der Waals surface area contributed by atoms with E-state index in [9.17, 15) is 4.79 Å². The Morgan fingerprint density at radius 3 is 1.96 bits per heavy atom. The second-order valence-electron chi connectivity index (χ2n) is 6.26. The van der Waals surface area contributed by atoms with Crippen molar-refractivity contribution >= 4 is 5.97 Å². The number of hydrogen-bond acceptors (Lipinski definition) is 3. The molecule has 24 heavy (non-hydrogen) atoms. The monoisotopic (exact) mass is 326 g/mol. The maximum Gasteiger partial charge on any atom is 0.306 e. The van der Waals surface area contributed by atoms with Gasteiger partial charge in [-0.1, -0.05) is 74.5 Å². The fourth-order valence-electron chi connectivity index (χ4n) is 2.46. The first kappa shape index (κ1) is 18.2. The van der Waals surface area contributed by atoms with E-state index in [1.807, 2.05) is 60.7 Å². The van der Waals surface area contributed by atoms with Crippen molar-refractivity contribution < 1.29 is 14.3 Å². The standard InChI is InChI=1S/C21H26O3/c1-17(2)20(23-15-18-9-5-3-6-10-18)13-14-21(22)24-16-19-11-7-4-8-12-19/h3-12,17,20H,13-16H2,1-2H3. The number of hydrogen-bond donors (Lipinski definition) is 0. The highest BCUT2D eigenvalue weighted by Crippen LogP contribution is 2.16. The van der Waals surface area contributed by atoms with Crippen molar-refractivity contribution in [2.75, 3.05) is 0 Å². The molecule has 2 aromatic carbocycles. The van der Waals surface area contributed by atoms with Gasteiger partial charge in [-0.05, 0) is 23.5 Å². The largest absolute Gasteiger partial charge is 0.461 e. The Labute approximate surface area is 144 Å². The zero-order valence-electron chi connectivity index (χ0n) is 14.5. The topological polar surface area (TPSA) is 35.5 Å². The van der Waals surface area contributed by atoms with Crippen molar-refractivity contribution in [1.82, 2.24) is 0 Å². The van der Waals surface area contributed by atoms with E-state index in [-0.39, 0.29) is 12.1 Å². The van der Waals surface area contributed by atoms with Crippen LogP contribution in [0.3, 0.4) is 0 Å². The van der Waals surface area contributed by atoms with E-state index >= 15 is 0 Å². The summed E-state index contributed by atoms with van der Waals surface area (Å²) in [6.07, 6.45) is 1.11. The normalized spacial score (nSPS) is 12.1. The summed E-state index contributed by atoms with van der Waals surface area (Å²) in [7, 11) is 0. The summed E-state index contributed by atoms with van der Waals surface area (Å²) in [6.45, 7) is 5.13. The van der Waals surface area contributed by atoms with Crippen molar-refractivity contribution in [3.63, 3.8) is 0 Å². The number of carbonyl (C=O) groups excluding carboxylic acids is 1.